The van der Waals surface area contributed by atoms with Gasteiger partial charge in [-0.3, -0.25) is 9.36 Å². The van der Waals surface area contributed by atoms with Crippen LogP contribution in [0, 0.1) is 0 Å². The van der Waals surface area contributed by atoms with E-state index >= 15 is 0 Å². The van der Waals surface area contributed by atoms with Crippen LogP contribution in [-0.2, 0) is 0 Å². The highest BCUT2D eigenvalue weighted by Gasteiger charge is 2.23. The third kappa shape index (κ3) is 3.52. The molecule has 0 atom stereocenters. The molecule has 8 nitrogen and oxygen atoms in total. The first-order valence-electron chi connectivity index (χ1n) is 9.11. The summed E-state index contributed by atoms with van der Waals surface area (Å²) in [5.41, 5.74) is 1.29. The van der Waals surface area contributed by atoms with Crippen molar-refractivity contribution in [3.05, 3.63) is 47.7 Å². The standard InChI is InChI=1S/C22H24N2O6/c1-23(2)22(26)24-12-16(15-8-7-14(27-3)11-17(15)24)20(25)13-9-18(28-4)21(30-6)19(10-13)29-5/h7-12H,1-6H3. The monoisotopic (exact) mass is 412 g/mol. The molecular formula is C22H24N2O6. The molecule has 0 bridgehead atoms. The van der Waals surface area contributed by atoms with Crippen LogP contribution in [0.1, 0.15) is 15.9 Å². The summed E-state index contributed by atoms with van der Waals surface area (Å²) in [5, 5.41) is 0.629. The summed E-state index contributed by atoms with van der Waals surface area (Å²) in [6.07, 6.45) is 1.54. The minimum absolute atomic E-state index is 0.280. The second kappa shape index (κ2) is 8.36. The Morgan fingerprint density at radius 3 is 2.00 bits per heavy atom. The number of amides is 1. The molecule has 2 aromatic carbocycles. The van der Waals surface area contributed by atoms with E-state index in [9.17, 15) is 9.59 Å². The average Bonchev–Trinajstić information content (AvgIpc) is 3.15. The van der Waals surface area contributed by atoms with E-state index in [2.05, 4.69) is 0 Å². The van der Waals surface area contributed by atoms with Crippen LogP contribution in [-0.4, -0.2) is 63.8 Å². The first-order chi connectivity index (χ1) is 14.4. The summed E-state index contributed by atoms with van der Waals surface area (Å²) in [6, 6.07) is 8.13. The maximum absolute atomic E-state index is 13.4. The molecule has 1 aromatic heterocycles. The van der Waals surface area contributed by atoms with Crippen molar-refractivity contribution in [2.75, 3.05) is 42.5 Å². The Labute approximate surface area is 174 Å². The number of methoxy groups -OCH3 is 4. The molecule has 0 N–H and O–H groups in total. The molecule has 3 aromatic rings. The minimum atomic E-state index is -0.283. The van der Waals surface area contributed by atoms with Crippen LogP contribution in [0.3, 0.4) is 0 Å². The quantitative estimate of drug-likeness (QED) is 0.577. The molecule has 0 spiro atoms. The molecule has 0 radical (unpaired) electrons. The first kappa shape index (κ1) is 21.0. The zero-order valence-electron chi connectivity index (χ0n) is 17.8. The molecule has 0 saturated heterocycles. The number of nitrogens with zero attached hydrogens (tertiary/aromatic N) is 2. The Morgan fingerprint density at radius 2 is 1.50 bits per heavy atom. The molecule has 30 heavy (non-hydrogen) atoms. The lowest BCUT2D eigenvalue weighted by atomic mass is 10.0. The van der Waals surface area contributed by atoms with Gasteiger partial charge in [0.2, 0.25) is 5.75 Å². The molecule has 158 valence electrons. The number of ether oxygens (including phenoxy) is 4. The van der Waals surface area contributed by atoms with Gasteiger partial charge in [-0.05, 0) is 24.3 Å². The van der Waals surface area contributed by atoms with Crippen molar-refractivity contribution in [2.24, 2.45) is 0 Å². The second-order valence-corrected chi connectivity index (χ2v) is 6.72. The van der Waals surface area contributed by atoms with Crippen LogP contribution in [0.25, 0.3) is 10.9 Å². The highest BCUT2D eigenvalue weighted by atomic mass is 16.5. The summed E-state index contributed by atoms with van der Waals surface area (Å²) in [5.74, 6) is 1.44. The van der Waals surface area contributed by atoms with Crippen LogP contribution < -0.4 is 18.9 Å². The molecule has 1 amide bonds. The fourth-order valence-corrected chi connectivity index (χ4v) is 3.26. The third-order valence-corrected chi connectivity index (χ3v) is 4.77. The molecule has 0 fully saturated rings. The van der Waals surface area contributed by atoms with Gasteiger partial charge in [-0.25, -0.2) is 4.79 Å². The van der Waals surface area contributed by atoms with Gasteiger partial charge < -0.3 is 23.8 Å². The van der Waals surface area contributed by atoms with Crippen molar-refractivity contribution in [2.45, 2.75) is 0 Å². The molecule has 3 rings (SSSR count). The predicted octanol–water partition coefficient (Wildman–Crippen LogP) is 3.44. The van der Waals surface area contributed by atoms with Gasteiger partial charge in [0.15, 0.2) is 17.3 Å². The van der Waals surface area contributed by atoms with Crippen molar-refractivity contribution in [1.82, 2.24) is 9.47 Å². The third-order valence-electron chi connectivity index (χ3n) is 4.77. The van der Waals surface area contributed by atoms with Crippen molar-refractivity contribution < 1.29 is 28.5 Å². The van der Waals surface area contributed by atoms with E-state index in [-0.39, 0.29) is 11.8 Å². The van der Waals surface area contributed by atoms with E-state index in [1.165, 1.54) is 37.0 Å². The highest BCUT2D eigenvalue weighted by Crippen LogP contribution is 2.39. The van der Waals surface area contributed by atoms with Crippen LogP contribution in [0.5, 0.6) is 23.0 Å². The van der Waals surface area contributed by atoms with Gasteiger partial charge in [0.25, 0.3) is 0 Å². The normalized spacial score (nSPS) is 10.6. The first-order valence-corrected chi connectivity index (χ1v) is 9.11. The molecular weight excluding hydrogens is 388 g/mol. The van der Waals surface area contributed by atoms with Gasteiger partial charge in [-0.2, -0.15) is 0 Å². The fourth-order valence-electron chi connectivity index (χ4n) is 3.26. The van der Waals surface area contributed by atoms with E-state index in [1.807, 2.05) is 0 Å². The number of hydrogen-bond acceptors (Lipinski definition) is 6. The van der Waals surface area contributed by atoms with Crippen LogP contribution in [0.2, 0.25) is 0 Å². The van der Waals surface area contributed by atoms with Crippen molar-refractivity contribution >= 4 is 22.7 Å². The largest absolute Gasteiger partial charge is 0.497 e. The summed E-state index contributed by atoms with van der Waals surface area (Å²) >= 11 is 0. The summed E-state index contributed by atoms with van der Waals surface area (Å²) in [6.45, 7) is 0. The van der Waals surface area contributed by atoms with Crippen LogP contribution >= 0.6 is 0 Å². The molecule has 0 aliphatic carbocycles. The number of benzene rings is 2. The van der Waals surface area contributed by atoms with Crippen molar-refractivity contribution in [1.29, 1.82) is 0 Å². The molecule has 0 aliphatic heterocycles. The van der Waals surface area contributed by atoms with Gasteiger partial charge >= 0.3 is 6.03 Å². The van der Waals surface area contributed by atoms with Crippen LogP contribution in [0.15, 0.2) is 36.5 Å². The van der Waals surface area contributed by atoms with Gasteiger partial charge in [0.1, 0.15) is 5.75 Å². The van der Waals surface area contributed by atoms with E-state index in [1.54, 1.807) is 51.5 Å². The topological polar surface area (TPSA) is 79.2 Å². The molecule has 0 unspecified atom stereocenters. The van der Waals surface area contributed by atoms with E-state index in [4.69, 9.17) is 18.9 Å². The molecule has 0 aliphatic rings. The van der Waals surface area contributed by atoms with Gasteiger partial charge in [0, 0.05) is 42.9 Å². The van der Waals surface area contributed by atoms with Crippen LogP contribution in [0.4, 0.5) is 4.79 Å². The maximum Gasteiger partial charge on any atom is 0.328 e. The number of aromatic nitrogens is 1. The SMILES string of the molecule is COc1ccc2c(C(=O)c3cc(OC)c(OC)c(OC)c3)cn(C(=O)N(C)C)c2c1. The Morgan fingerprint density at radius 1 is 0.867 bits per heavy atom. The molecule has 1 heterocycles. The minimum Gasteiger partial charge on any atom is -0.497 e. The zero-order chi connectivity index (χ0) is 22.0. The number of fused-ring (bicyclic) bond motifs is 1. The maximum atomic E-state index is 13.4. The lowest BCUT2D eigenvalue weighted by molar-refractivity contribution is 0.103. The highest BCUT2D eigenvalue weighted by molar-refractivity contribution is 6.18. The van der Waals surface area contributed by atoms with E-state index in [0.29, 0.717) is 45.0 Å². The smallest absolute Gasteiger partial charge is 0.328 e. The summed E-state index contributed by atoms with van der Waals surface area (Å²) < 4.78 is 22.8. The van der Waals surface area contributed by atoms with Crippen molar-refractivity contribution in [3.8, 4) is 23.0 Å². The fraction of sp³-hybridized carbons (Fsp3) is 0.273. The van der Waals surface area contributed by atoms with E-state index < -0.39 is 0 Å². The second-order valence-electron chi connectivity index (χ2n) is 6.72. The summed E-state index contributed by atoms with van der Waals surface area (Å²) in [4.78, 5) is 27.6. The molecule has 8 heteroatoms. The van der Waals surface area contributed by atoms with Crippen molar-refractivity contribution in [3.63, 3.8) is 0 Å². The number of hydrogen-bond donors (Lipinski definition) is 0. The lowest BCUT2D eigenvalue weighted by Crippen LogP contribution is -2.26. The van der Waals surface area contributed by atoms with Gasteiger partial charge in [0.05, 0.1) is 34.0 Å². The van der Waals surface area contributed by atoms with E-state index in [0.717, 1.165) is 0 Å². The number of ketones is 1. The Hall–Kier alpha value is -3.68. The number of carbonyl (C=O) groups excluding carboxylic acids is 2. The zero-order valence-corrected chi connectivity index (χ0v) is 17.8. The Balaban J connectivity index is 2.22. The lowest BCUT2D eigenvalue weighted by Gasteiger charge is -2.13. The Kier molecular flexibility index (Phi) is 5.86. The number of rotatable bonds is 6. The average molecular weight is 412 g/mol. The number of carbonyl (C=O) groups is 2. The van der Waals surface area contributed by atoms with Gasteiger partial charge in [-0.1, -0.05) is 0 Å². The Bertz CT molecular complexity index is 1090. The molecule has 0 saturated carbocycles. The van der Waals surface area contributed by atoms with Gasteiger partial charge in [-0.15, -0.1) is 0 Å². The predicted molar refractivity (Wildman–Crippen MR) is 113 cm³/mol. The summed E-state index contributed by atoms with van der Waals surface area (Å²) in [7, 11) is 9.31.